The Balaban J connectivity index is 2.55. The summed E-state index contributed by atoms with van der Waals surface area (Å²) in [7, 11) is -3.77. The maximum atomic E-state index is 12.4. The third-order valence-corrected chi connectivity index (χ3v) is 3.41. The second-order valence-corrected chi connectivity index (χ2v) is 5.26. The van der Waals surface area contributed by atoms with Gasteiger partial charge in [-0.15, -0.1) is 0 Å². The fraction of sp³-hybridized carbons (Fsp3) is 0.222. The van der Waals surface area contributed by atoms with Gasteiger partial charge in [0.15, 0.2) is 5.78 Å². The molecular weight excluding hydrogens is 259 g/mol. The van der Waals surface area contributed by atoms with E-state index in [1.54, 1.807) is 0 Å². The van der Waals surface area contributed by atoms with Gasteiger partial charge < -0.3 is 0 Å². The van der Waals surface area contributed by atoms with Crippen LogP contribution in [0.25, 0.3) is 0 Å². The fourth-order valence-electron chi connectivity index (χ4n) is 1.49. The molecule has 1 aromatic carbocycles. The summed E-state index contributed by atoms with van der Waals surface area (Å²) in [5.41, 5.74) is -1.35. The molecule has 0 saturated heterocycles. The summed E-state index contributed by atoms with van der Waals surface area (Å²) in [6, 6.07) is 2.31. The van der Waals surface area contributed by atoms with Crippen molar-refractivity contribution in [2.24, 2.45) is 0 Å². The van der Waals surface area contributed by atoms with Crippen LogP contribution in [0.2, 0.25) is 0 Å². The lowest BCUT2D eigenvalue weighted by atomic mass is 10.1. The fourth-order valence-corrected chi connectivity index (χ4v) is 2.58. The monoisotopic (exact) mass is 265 g/mol. The number of hydrogen-bond acceptors (Lipinski definition) is 3. The zero-order chi connectivity index (χ0) is 12.8. The zero-order valence-electron chi connectivity index (χ0n) is 8.21. The number of carbonyl (C=O) groups excluding carboxylic acids is 1. The van der Waals surface area contributed by atoms with Crippen LogP contribution in [0, 0.1) is 0 Å². The van der Waals surface area contributed by atoms with Crippen LogP contribution in [0.5, 0.6) is 0 Å². The van der Waals surface area contributed by atoms with E-state index >= 15 is 0 Å². The maximum absolute atomic E-state index is 12.4. The summed E-state index contributed by atoms with van der Waals surface area (Å²) in [5.74, 6) is -1.67. The molecule has 0 aromatic heterocycles. The molecule has 4 nitrogen and oxygen atoms in total. The number of carbonyl (C=O) groups is 1. The molecule has 0 radical (unpaired) electrons. The Kier molecular flexibility index (Phi) is 2.42. The lowest BCUT2D eigenvalue weighted by molar-refractivity contribution is -0.137. The number of sulfonamides is 1. The molecule has 0 atom stereocenters. The third kappa shape index (κ3) is 2.26. The van der Waals surface area contributed by atoms with Crippen LogP contribution >= 0.6 is 0 Å². The molecule has 92 valence electrons. The molecule has 1 N–H and O–H groups in total. The Morgan fingerprint density at radius 2 is 1.88 bits per heavy atom. The Labute approximate surface area is 94.5 Å². The lowest BCUT2D eigenvalue weighted by Crippen LogP contribution is -2.29. The standard InChI is InChI=1S/C9H6F3NO3S/c10-9(11,12)5-1-2-7-6(3-5)8(14)4-17(15,16)13-7/h1-3,13H,4H2. The Morgan fingerprint density at radius 3 is 2.47 bits per heavy atom. The van der Waals surface area contributed by atoms with Crippen molar-refractivity contribution < 1.29 is 26.4 Å². The summed E-state index contributed by atoms with van der Waals surface area (Å²) < 4.78 is 61.5. The van der Waals surface area contributed by atoms with Crippen molar-refractivity contribution in [3.8, 4) is 0 Å². The second-order valence-electron chi connectivity index (χ2n) is 3.54. The molecule has 2 rings (SSSR count). The molecule has 1 aliphatic heterocycles. The first-order valence-electron chi connectivity index (χ1n) is 4.44. The first kappa shape index (κ1) is 11.9. The van der Waals surface area contributed by atoms with Gasteiger partial charge in [0.2, 0.25) is 10.0 Å². The van der Waals surface area contributed by atoms with Crippen LogP contribution in [-0.4, -0.2) is 20.0 Å². The highest BCUT2D eigenvalue weighted by Gasteiger charge is 2.34. The predicted octanol–water partition coefficient (Wildman–Crippen LogP) is 1.64. The smallest absolute Gasteiger partial charge is 0.293 e. The molecule has 0 spiro atoms. The largest absolute Gasteiger partial charge is 0.416 e. The Bertz CT molecular complexity index is 592. The number of halogens is 3. The van der Waals surface area contributed by atoms with Crippen molar-refractivity contribution in [2.75, 3.05) is 10.5 Å². The normalized spacial score (nSPS) is 18.4. The molecule has 0 bridgehead atoms. The van der Waals surface area contributed by atoms with Gasteiger partial charge in [-0.2, -0.15) is 13.2 Å². The summed E-state index contributed by atoms with van der Waals surface area (Å²) in [6.45, 7) is 0. The molecule has 1 heterocycles. The van der Waals surface area contributed by atoms with E-state index in [9.17, 15) is 26.4 Å². The van der Waals surface area contributed by atoms with Gasteiger partial charge in [-0.25, -0.2) is 8.42 Å². The van der Waals surface area contributed by atoms with Gasteiger partial charge in [-0.1, -0.05) is 0 Å². The summed E-state index contributed by atoms with van der Waals surface area (Å²) >= 11 is 0. The molecule has 8 heteroatoms. The van der Waals surface area contributed by atoms with Gasteiger partial charge in [0.25, 0.3) is 0 Å². The van der Waals surface area contributed by atoms with Gasteiger partial charge >= 0.3 is 6.18 Å². The van der Waals surface area contributed by atoms with E-state index < -0.39 is 33.3 Å². The molecule has 0 saturated carbocycles. The summed E-state index contributed by atoms with van der Waals surface area (Å²) in [4.78, 5) is 11.4. The van der Waals surface area contributed by atoms with Crippen molar-refractivity contribution >= 4 is 21.5 Å². The molecule has 0 amide bonds. The number of rotatable bonds is 0. The average Bonchev–Trinajstić information content (AvgIpc) is 2.13. The van der Waals surface area contributed by atoms with E-state index in [0.29, 0.717) is 6.07 Å². The van der Waals surface area contributed by atoms with Crippen LogP contribution in [0.15, 0.2) is 18.2 Å². The number of fused-ring (bicyclic) bond motifs is 1. The van der Waals surface area contributed by atoms with Crippen molar-refractivity contribution in [1.82, 2.24) is 0 Å². The minimum Gasteiger partial charge on any atom is -0.293 e. The van der Waals surface area contributed by atoms with Crippen molar-refractivity contribution in [2.45, 2.75) is 6.18 Å². The summed E-state index contributed by atoms with van der Waals surface area (Å²) in [6.07, 6.45) is -4.56. The number of alkyl halides is 3. The summed E-state index contributed by atoms with van der Waals surface area (Å²) in [5, 5.41) is 0. The molecule has 1 aliphatic rings. The zero-order valence-corrected chi connectivity index (χ0v) is 9.02. The molecule has 0 fully saturated rings. The van der Waals surface area contributed by atoms with Crippen LogP contribution < -0.4 is 4.72 Å². The lowest BCUT2D eigenvalue weighted by Gasteiger charge is -2.18. The van der Waals surface area contributed by atoms with E-state index in [0.717, 1.165) is 12.1 Å². The highest BCUT2D eigenvalue weighted by molar-refractivity contribution is 7.93. The number of benzene rings is 1. The van der Waals surface area contributed by atoms with Crippen molar-refractivity contribution in [1.29, 1.82) is 0 Å². The minimum absolute atomic E-state index is 0.116. The topological polar surface area (TPSA) is 63.2 Å². The Morgan fingerprint density at radius 1 is 1.24 bits per heavy atom. The first-order valence-corrected chi connectivity index (χ1v) is 6.09. The van der Waals surface area contributed by atoms with E-state index in [2.05, 4.69) is 0 Å². The first-order chi connectivity index (χ1) is 7.69. The number of anilines is 1. The van der Waals surface area contributed by atoms with E-state index in [1.165, 1.54) is 0 Å². The average molecular weight is 265 g/mol. The van der Waals surface area contributed by atoms with Gasteiger partial charge in [-0.3, -0.25) is 9.52 Å². The van der Waals surface area contributed by atoms with Gasteiger partial charge in [-0.05, 0) is 18.2 Å². The second kappa shape index (κ2) is 3.46. The number of hydrogen-bond donors (Lipinski definition) is 1. The van der Waals surface area contributed by atoms with E-state index in [1.807, 2.05) is 4.72 Å². The van der Waals surface area contributed by atoms with Gasteiger partial charge in [0.05, 0.1) is 11.3 Å². The number of nitrogens with one attached hydrogen (secondary N) is 1. The van der Waals surface area contributed by atoms with E-state index in [-0.39, 0.29) is 11.3 Å². The van der Waals surface area contributed by atoms with Crippen molar-refractivity contribution in [3.05, 3.63) is 29.3 Å². The SMILES string of the molecule is O=C1CS(=O)(=O)Nc2ccc(C(F)(F)F)cc21. The number of ketones is 1. The quantitative estimate of drug-likeness (QED) is 0.775. The Hall–Kier alpha value is -1.57. The highest BCUT2D eigenvalue weighted by Crippen LogP contribution is 2.33. The maximum Gasteiger partial charge on any atom is 0.416 e. The van der Waals surface area contributed by atoms with Crippen LogP contribution in [-0.2, 0) is 16.2 Å². The van der Waals surface area contributed by atoms with Crippen molar-refractivity contribution in [3.63, 3.8) is 0 Å². The predicted molar refractivity (Wildman–Crippen MR) is 53.2 cm³/mol. The van der Waals surface area contributed by atoms with Crippen LogP contribution in [0.4, 0.5) is 18.9 Å². The van der Waals surface area contributed by atoms with Crippen LogP contribution in [0.3, 0.4) is 0 Å². The molecule has 17 heavy (non-hydrogen) atoms. The highest BCUT2D eigenvalue weighted by atomic mass is 32.2. The molecular formula is C9H6F3NO3S. The minimum atomic E-state index is -4.56. The molecule has 1 aromatic rings. The molecule has 0 aliphatic carbocycles. The van der Waals surface area contributed by atoms with Gasteiger partial charge in [0, 0.05) is 5.56 Å². The van der Waals surface area contributed by atoms with E-state index in [4.69, 9.17) is 0 Å². The van der Waals surface area contributed by atoms with Crippen LogP contribution in [0.1, 0.15) is 15.9 Å². The number of Topliss-reactive ketones (excluding diaryl/α,β-unsaturated/α-hetero) is 1. The van der Waals surface area contributed by atoms with Gasteiger partial charge in [0.1, 0.15) is 5.75 Å². The third-order valence-electron chi connectivity index (χ3n) is 2.23. The molecule has 0 unspecified atom stereocenters.